The molecule has 4 nitrogen and oxygen atoms in total. The smallest absolute Gasteiger partial charge is 0.212 e. The quantitative estimate of drug-likeness (QED) is 0.641. The van der Waals surface area contributed by atoms with Gasteiger partial charge in [0.25, 0.3) is 0 Å². The Morgan fingerprint density at radius 1 is 1.12 bits per heavy atom. The molecular weight excluding hydrogens is 316 g/mol. The third kappa shape index (κ3) is 2.81. The summed E-state index contributed by atoms with van der Waals surface area (Å²) in [6.07, 6.45) is 8.70. The van der Waals surface area contributed by atoms with E-state index in [1.165, 1.54) is 54.7 Å². The van der Waals surface area contributed by atoms with Crippen LogP contribution in [-0.4, -0.2) is 10.9 Å². The summed E-state index contributed by atoms with van der Waals surface area (Å²) in [6.45, 7) is 0. The molecule has 0 amide bonds. The molecule has 4 N–H and O–H groups in total. The van der Waals surface area contributed by atoms with Crippen molar-refractivity contribution in [2.24, 2.45) is 16.5 Å². The van der Waals surface area contributed by atoms with E-state index >= 15 is 0 Å². The average Bonchev–Trinajstić information content (AvgIpc) is 2.99. The molecule has 2 aliphatic carbocycles. The summed E-state index contributed by atoms with van der Waals surface area (Å²) in [6, 6.07) is 10.9. The Balaban J connectivity index is 1.76. The second-order valence-corrected chi connectivity index (χ2v) is 8.22. The maximum absolute atomic E-state index is 5.57. The van der Waals surface area contributed by atoms with Gasteiger partial charge in [-0.15, -0.1) is 0 Å². The van der Waals surface area contributed by atoms with Gasteiger partial charge < -0.3 is 11.5 Å². The van der Waals surface area contributed by atoms with Crippen LogP contribution in [0.2, 0.25) is 0 Å². The van der Waals surface area contributed by atoms with E-state index in [1.807, 2.05) is 0 Å². The number of hydrogen-bond acceptors (Lipinski definition) is 3. The highest BCUT2D eigenvalue weighted by Gasteiger charge is 2.44. The van der Waals surface area contributed by atoms with Crippen LogP contribution in [-0.2, 0) is 11.8 Å². The molecule has 0 aliphatic heterocycles. The van der Waals surface area contributed by atoms with Crippen molar-refractivity contribution in [2.75, 3.05) is 0 Å². The molecule has 1 fully saturated rings. The minimum absolute atomic E-state index is 0.0957. The molecule has 24 heavy (non-hydrogen) atoms. The van der Waals surface area contributed by atoms with E-state index in [2.05, 4.69) is 35.3 Å². The standard InChI is InChI=1S/C19H24N4S/c20-17(21)23-18-22-16-15(24-18)11-14(13-7-3-1-4-8-13)12-19(16)9-5-2-6-10-19/h1,3-4,7-8,14H,2,5-6,9-12H2,(H4,20,21,22,23). The molecule has 1 spiro atoms. The van der Waals surface area contributed by atoms with Crippen LogP contribution in [0.15, 0.2) is 35.3 Å². The topological polar surface area (TPSA) is 77.3 Å². The van der Waals surface area contributed by atoms with E-state index in [0.717, 1.165) is 11.6 Å². The van der Waals surface area contributed by atoms with Gasteiger partial charge in [0, 0.05) is 10.3 Å². The van der Waals surface area contributed by atoms with Crippen LogP contribution >= 0.6 is 11.3 Å². The molecule has 0 bridgehead atoms. The van der Waals surface area contributed by atoms with E-state index in [0.29, 0.717) is 5.92 Å². The zero-order valence-electron chi connectivity index (χ0n) is 13.9. The average molecular weight is 340 g/mol. The second-order valence-electron chi connectivity index (χ2n) is 7.16. The maximum Gasteiger partial charge on any atom is 0.212 e. The summed E-state index contributed by atoms with van der Waals surface area (Å²) in [4.78, 5) is 10.5. The number of guanidine groups is 1. The number of fused-ring (bicyclic) bond motifs is 2. The third-order valence-electron chi connectivity index (χ3n) is 5.56. The number of nitrogens with two attached hydrogens (primary N) is 2. The van der Waals surface area contributed by atoms with Crippen LogP contribution in [0.5, 0.6) is 0 Å². The molecule has 126 valence electrons. The van der Waals surface area contributed by atoms with Crippen molar-refractivity contribution in [1.82, 2.24) is 4.98 Å². The lowest BCUT2D eigenvalue weighted by Gasteiger charge is -2.42. The molecule has 1 unspecified atom stereocenters. The third-order valence-corrected chi connectivity index (χ3v) is 6.54. The van der Waals surface area contributed by atoms with Gasteiger partial charge in [0.15, 0.2) is 5.96 Å². The van der Waals surface area contributed by atoms with Crippen molar-refractivity contribution in [1.29, 1.82) is 0 Å². The van der Waals surface area contributed by atoms with Crippen LogP contribution in [0, 0.1) is 0 Å². The molecule has 0 saturated heterocycles. The van der Waals surface area contributed by atoms with Crippen LogP contribution in [0.3, 0.4) is 0 Å². The van der Waals surface area contributed by atoms with Gasteiger partial charge in [0.05, 0.1) is 5.69 Å². The summed E-state index contributed by atoms with van der Waals surface area (Å²) in [5, 5.41) is 0.721. The zero-order chi connectivity index (χ0) is 16.6. The number of aromatic nitrogens is 1. The Morgan fingerprint density at radius 2 is 1.88 bits per heavy atom. The molecule has 5 heteroatoms. The minimum Gasteiger partial charge on any atom is -0.370 e. The van der Waals surface area contributed by atoms with Gasteiger partial charge in [-0.2, -0.15) is 4.99 Å². The Morgan fingerprint density at radius 3 is 2.58 bits per heavy atom. The SMILES string of the molecule is NC(N)=Nc1nc2c(s1)CC(c1ccccc1)CC21CCCCC1. The number of aliphatic imine (C=N–C) groups is 1. The van der Waals surface area contributed by atoms with Crippen LogP contribution < -0.4 is 11.5 Å². The van der Waals surface area contributed by atoms with Crippen molar-refractivity contribution in [2.45, 2.75) is 56.3 Å². The van der Waals surface area contributed by atoms with Crippen molar-refractivity contribution < 1.29 is 0 Å². The van der Waals surface area contributed by atoms with E-state index in [4.69, 9.17) is 16.5 Å². The van der Waals surface area contributed by atoms with Crippen molar-refractivity contribution in [3.05, 3.63) is 46.5 Å². The predicted molar refractivity (Wildman–Crippen MR) is 99.9 cm³/mol. The predicted octanol–water partition coefficient (Wildman–Crippen LogP) is 3.98. The van der Waals surface area contributed by atoms with Crippen molar-refractivity contribution in [3.63, 3.8) is 0 Å². The fourth-order valence-electron chi connectivity index (χ4n) is 4.54. The van der Waals surface area contributed by atoms with E-state index < -0.39 is 0 Å². The lowest BCUT2D eigenvalue weighted by atomic mass is 9.62. The molecule has 1 heterocycles. The largest absolute Gasteiger partial charge is 0.370 e. The highest BCUT2D eigenvalue weighted by molar-refractivity contribution is 7.15. The first kappa shape index (κ1) is 15.6. The Bertz CT molecular complexity index is 740. The van der Waals surface area contributed by atoms with Gasteiger partial charge in [-0.1, -0.05) is 60.9 Å². The van der Waals surface area contributed by atoms with Gasteiger partial charge >= 0.3 is 0 Å². The number of hydrogen-bond donors (Lipinski definition) is 2. The first-order chi connectivity index (χ1) is 11.7. The molecule has 1 aromatic heterocycles. The number of thiazole rings is 1. The van der Waals surface area contributed by atoms with Gasteiger partial charge in [-0.3, -0.25) is 0 Å². The zero-order valence-corrected chi connectivity index (χ0v) is 14.7. The fourth-order valence-corrected chi connectivity index (χ4v) is 5.70. The summed E-state index contributed by atoms with van der Waals surface area (Å²) >= 11 is 1.67. The first-order valence-corrected chi connectivity index (χ1v) is 9.63. The maximum atomic E-state index is 5.57. The van der Waals surface area contributed by atoms with Gasteiger partial charge in [-0.05, 0) is 37.2 Å². The molecule has 0 radical (unpaired) electrons. The monoisotopic (exact) mass is 340 g/mol. The highest BCUT2D eigenvalue weighted by atomic mass is 32.1. The minimum atomic E-state index is 0.0957. The van der Waals surface area contributed by atoms with Crippen LogP contribution in [0.4, 0.5) is 5.13 Å². The Labute approximate surface area is 147 Å². The molecule has 1 atom stereocenters. The van der Waals surface area contributed by atoms with E-state index in [9.17, 15) is 0 Å². The molecule has 2 aromatic rings. The van der Waals surface area contributed by atoms with Gasteiger partial charge in [0.2, 0.25) is 5.13 Å². The molecule has 4 rings (SSSR count). The van der Waals surface area contributed by atoms with E-state index in [-0.39, 0.29) is 11.4 Å². The summed E-state index contributed by atoms with van der Waals surface area (Å²) in [7, 11) is 0. The molecule has 1 saturated carbocycles. The normalized spacial score (nSPS) is 22.1. The Hall–Kier alpha value is -1.88. The molecule has 1 aromatic carbocycles. The fraction of sp³-hybridized carbons (Fsp3) is 0.474. The second kappa shape index (κ2) is 6.20. The van der Waals surface area contributed by atoms with E-state index in [1.54, 1.807) is 11.3 Å². The first-order valence-electron chi connectivity index (χ1n) is 8.81. The summed E-state index contributed by atoms with van der Waals surface area (Å²) in [5.74, 6) is 0.669. The number of rotatable bonds is 2. The Kier molecular flexibility index (Phi) is 4.04. The highest BCUT2D eigenvalue weighted by Crippen LogP contribution is 2.53. The number of benzene rings is 1. The summed E-state index contributed by atoms with van der Waals surface area (Å²) < 4.78 is 0. The van der Waals surface area contributed by atoms with Gasteiger partial charge in [0.1, 0.15) is 0 Å². The van der Waals surface area contributed by atoms with Gasteiger partial charge in [-0.25, -0.2) is 4.98 Å². The lowest BCUT2D eigenvalue weighted by Crippen LogP contribution is -2.36. The van der Waals surface area contributed by atoms with Crippen LogP contribution in [0.25, 0.3) is 0 Å². The summed E-state index contributed by atoms with van der Waals surface area (Å²) in [5.41, 5.74) is 14.1. The van der Waals surface area contributed by atoms with Crippen molar-refractivity contribution >= 4 is 22.4 Å². The van der Waals surface area contributed by atoms with Crippen molar-refractivity contribution in [3.8, 4) is 0 Å². The molecule has 2 aliphatic rings. The number of nitrogens with zero attached hydrogens (tertiary/aromatic N) is 2. The lowest BCUT2D eigenvalue weighted by molar-refractivity contribution is 0.235. The van der Waals surface area contributed by atoms with Crippen LogP contribution in [0.1, 0.15) is 60.6 Å². The molecular formula is C19H24N4S.